The fourth-order valence-corrected chi connectivity index (χ4v) is 5.04. The quantitative estimate of drug-likeness (QED) is 0.245. The van der Waals surface area contributed by atoms with Gasteiger partial charge in [-0.3, -0.25) is 4.79 Å². The number of carbonyl (C=O) groups excluding carboxylic acids is 1. The van der Waals surface area contributed by atoms with E-state index in [4.69, 9.17) is 21.3 Å². The van der Waals surface area contributed by atoms with E-state index in [2.05, 4.69) is 26.6 Å². The normalized spacial score (nSPS) is 15.9. The van der Waals surface area contributed by atoms with Gasteiger partial charge in [-0.1, -0.05) is 45.7 Å². The molecule has 7 heteroatoms. The van der Waals surface area contributed by atoms with Crippen LogP contribution in [0.4, 0.5) is 5.69 Å². The Morgan fingerprint density at radius 3 is 2.79 bits per heavy atom. The zero-order valence-electron chi connectivity index (χ0n) is 18.9. The summed E-state index contributed by atoms with van der Waals surface area (Å²) < 4.78 is 9.18. The van der Waals surface area contributed by atoms with E-state index in [1.807, 2.05) is 72.5 Å². The summed E-state index contributed by atoms with van der Waals surface area (Å²) >= 11 is 9.63. The highest BCUT2D eigenvalue weighted by molar-refractivity contribution is 9.10. The molecule has 5 nitrogen and oxygen atoms in total. The van der Waals surface area contributed by atoms with Gasteiger partial charge in [0.05, 0.1) is 17.6 Å². The predicted octanol–water partition coefficient (Wildman–Crippen LogP) is 6.75. The Labute approximate surface area is 212 Å². The van der Waals surface area contributed by atoms with Gasteiger partial charge in [-0.15, -0.1) is 0 Å². The van der Waals surface area contributed by atoms with Crippen LogP contribution in [0.15, 0.2) is 71.2 Å². The minimum absolute atomic E-state index is 0.0405. The first-order valence-corrected chi connectivity index (χ1v) is 12.6. The molecule has 0 N–H and O–H groups in total. The number of hydrogen-bond acceptors (Lipinski definition) is 3. The molecule has 1 unspecified atom stereocenters. The summed E-state index contributed by atoms with van der Waals surface area (Å²) in [6.45, 7) is 3.95. The number of rotatable bonds is 7. The van der Waals surface area contributed by atoms with E-state index in [1.165, 1.54) is 0 Å². The van der Waals surface area contributed by atoms with E-state index in [0.29, 0.717) is 19.6 Å². The second-order valence-electron chi connectivity index (χ2n) is 8.61. The summed E-state index contributed by atoms with van der Waals surface area (Å²) in [7, 11) is 0. The fourth-order valence-electron chi connectivity index (χ4n) is 4.53. The van der Waals surface area contributed by atoms with Crippen LogP contribution in [0, 0.1) is 6.92 Å². The number of carbonyl (C=O) groups is 1. The van der Waals surface area contributed by atoms with Crippen molar-refractivity contribution in [2.45, 2.75) is 32.2 Å². The summed E-state index contributed by atoms with van der Waals surface area (Å²) in [5, 5.41) is 0.741. The summed E-state index contributed by atoms with van der Waals surface area (Å²) in [4.78, 5) is 19.7. The van der Waals surface area contributed by atoms with Crippen molar-refractivity contribution < 1.29 is 9.53 Å². The first kappa shape index (κ1) is 22.9. The van der Waals surface area contributed by atoms with Crippen LogP contribution in [-0.4, -0.2) is 28.6 Å². The van der Waals surface area contributed by atoms with Crippen molar-refractivity contribution in [3.63, 3.8) is 0 Å². The van der Waals surface area contributed by atoms with Gasteiger partial charge in [0, 0.05) is 40.6 Å². The van der Waals surface area contributed by atoms with E-state index in [1.54, 1.807) is 0 Å². The lowest BCUT2D eigenvalue weighted by Crippen LogP contribution is -2.24. The highest BCUT2D eigenvalue weighted by atomic mass is 79.9. The predicted molar refractivity (Wildman–Crippen MR) is 140 cm³/mol. The lowest BCUT2D eigenvalue weighted by molar-refractivity contribution is -0.117. The van der Waals surface area contributed by atoms with E-state index >= 15 is 0 Å². The van der Waals surface area contributed by atoms with Crippen molar-refractivity contribution in [3.8, 4) is 5.75 Å². The van der Waals surface area contributed by atoms with Gasteiger partial charge < -0.3 is 14.2 Å². The van der Waals surface area contributed by atoms with Gasteiger partial charge in [-0.2, -0.15) is 0 Å². The van der Waals surface area contributed by atoms with E-state index in [-0.39, 0.29) is 11.8 Å². The largest absolute Gasteiger partial charge is 0.494 e. The number of hydrogen-bond donors (Lipinski definition) is 0. The Bertz CT molecular complexity index is 1350. The Morgan fingerprint density at radius 1 is 1.12 bits per heavy atom. The molecule has 1 aromatic heterocycles. The molecule has 5 rings (SSSR count). The summed E-state index contributed by atoms with van der Waals surface area (Å²) in [5.74, 6) is 1.96. The molecule has 174 valence electrons. The minimum atomic E-state index is 0.0405. The Morgan fingerprint density at radius 2 is 1.97 bits per heavy atom. The van der Waals surface area contributed by atoms with Gasteiger partial charge in [0.25, 0.3) is 0 Å². The molecule has 1 atom stereocenters. The van der Waals surface area contributed by atoms with Crippen molar-refractivity contribution >= 4 is 50.2 Å². The average Bonchev–Trinajstić information content (AvgIpc) is 3.39. The monoisotopic (exact) mass is 537 g/mol. The van der Waals surface area contributed by atoms with Crippen molar-refractivity contribution in [2.75, 3.05) is 18.1 Å². The van der Waals surface area contributed by atoms with Crippen molar-refractivity contribution in [3.05, 3.63) is 87.6 Å². The molecule has 2 heterocycles. The number of amides is 1. The standard InChI is InChI=1S/C27H25BrClN3O2/c1-18-14-22(10-11-23(18)29)34-13-5-12-31-25-9-3-2-8-24(25)30-27(31)19-15-26(33)32(17-19)21-7-4-6-20(28)16-21/h2-4,6-11,14,16,19H,5,12-13,15,17H2,1H3. The van der Waals surface area contributed by atoms with Crippen LogP contribution in [0.25, 0.3) is 11.0 Å². The van der Waals surface area contributed by atoms with Crippen LogP contribution in [0.5, 0.6) is 5.75 Å². The number of anilines is 1. The molecular formula is C27H25BrClN3O2. The van der Waals surface area contributed by atoms with Gasteiger partial charge in [0.2, 0.25) is 5.91 Å². The molecule has 0 saturated carbocycles. The third-order valence-corrected chi connectivity index (χ3v) is 7.14. The zero-order valence-corrected chi connectivity index (χ0v) is 21.2. The Balaban J connectivity index is 1.34. The van der Waals surface area contributed by atoms with Crippen LogP contribution >= 0.6 is 27.5 Å². The number of imidazole rings is 1. The maximum atomic E-state index is 12.9. The molecule has 1 aliphatic heterocycles. The average molecular weight is 539 g/mol. The molecule has 1 saturated heterocycles. The molecule has 0 spiro atoms. The van der Waals surface area contributed by atoms with Crippen molar-refractivity contribution in [1.29, 1.82) is 0 Å². The van der Waals surface area contributed by atoms with Crippen LogP contribution in [-0.2, 0) is 11.3 Å². The maximum absolute atomic E-state index is 12.9. The third kappa shape index (κ3) is 4.70. The molecule has 0 bridgehead atoms. The van der Waals surface area contributed by atoms with E-state index < -0.39 is 0 Å². The first-order valence-electron chi connectivity index (χ1n) is 11.4. The number of ether oxygens (including phenoxy) is 1. The summed E-state index contributed by atoms with van der Waals surface area (Å²) in [6.07, 6.45) is 1.28. The zero-order chi connectivity index (χ0) is 23.7. The maximum Gasteiger partial charge on any atom is 0.227 e. The Kier molecular flexibility index (Phi) is 6.61. The number of aromatic nitrogens is 2. The SMILES string of the molecule is Cc1cc(OCCCn2c(C3CC(=O)N(c4cccc(Br)c4)C3)nc3ccccc32)ccc1Cl. The van der Waals surface area contributed by atoms with Gasteiger partial charge in [-0.25, -0.2) is 4.98 Å². The molecule has 4 aromatic rings. The first-order chi connectivity index (χ1) is 16.5. The summed E-state index contributed by atoms with van der Waals surface area (Å²) in [6, 6.07) is 21.8. The minimum Gasteiger partial charge on any atom is -0.494 e. The van der Waals surface area contributed by atoms with Crippen LogP contribution in [0.3, 0.4) is 0 Å². The van der Waals surface area contributed by atoms with Crippen LogP contribution in [0.2, 0.25) is 5.02 Å². The molecule has 3 aromatic carbocycles. The lowest BCUT2D eigenvalue weighted by Gasteiger charge is -2.18. The number of para-hydroxylation sites is 2. The number of halogens is 2. The van der Waals surface area contributed by atoms with Gasteiger partial charge >= 0.3 is 0 Å². The fraction of sp³-hybridized carbons (Fsp3) is 0.259. The Hall–Kier alpha value is -2.83. The summed E-state index contributed by atoms with van der Waals surface area (Å²) in [5.41, 5.74) is 3.97. The molecule has 1 aliphatic rings. The number of benzene rings is 3. The van der Waals surface area contributed by atoms with Gasteiger partial charge in [-0.05, 0) is 67.4 Å². The molecule has 1 amide bonds. The number of nitrogens with zero attached hydrogens (tertiary/aromatic N) is 3. The molecule has 0 aliphatic carbocycles. The van der Waals surface area contributed by atoms with E-state index in [9.17, 15) is 4.79 Å². The molecule has 1 fully saturated rings. The van der Waals surface area contributed by atoms with Gasteiger partial charge in [0.15, 0.2) is 0 Å². The van der Waals surface area contributed by atoms with Gasteiger partial charge in [0.1, 0.15) is 11.6 Å². The molecule has 34 heavy (non-hydrogen) atoms. The smallest absolute Gasteiger partial charge is 0.227 e. The van der Waals surface area contributed by atoms with Crippen LogP contribution in [0.1, 0.15) is 30.1 Å². The highest BCUT2D eigenvalue weighted by Gasteiger charge is 2.34. The van der Waals surface area contributed by atoms with Crippen molar-refractivity contribution in [1.82, 2.24) is 9.55 Å². The molecule has 0 radical (unpaired) electrons. The number of aryl methyl sites for hydroxylation is 2. The topological polar surface area (TPSA) is 47.4 Å². The van der Waals surface area contributed by atoms with Crippen molar-refractivity contribution in [2.24, 2.45) is 0 Å². The molecular weight excluding hydrogens is 514 g/mol. The van der Waals surface area contributed by atoms with E-state index in [0.717, 1.165) is 56.3 Å². The van der Waals surface area contributed by atoms with Crippen LogP contribution < -0.4 is 9.64 Å². The second kappa shape index (κ2) is 9.80. The lowest BCUT2D eigenvalue weighted by atomic mass is 10.1. The number of fused-ring (bicyclic) bond motifs is 1. The highest BCUT2D eigenvalue weighted by Crippen LogP contribution is 2.34. The second-order valence-corrected chi connectivity index (χ2v) is 9.93. The third-order valence-electron chi connectivity index (χ3n) is 6.22.